The number of carbonyl (C=O) groups is 2. The molecule has 1 fully saturated rings. The van der Waals surface area contributed by atoms with Crippen LogP contribution in [0.25, 0.3) is 0 Å². The molecule has 1 heterocycles. The maximum absolute atomic E-state index is 12.8. The Bertz CT molecular complexity index is 561. The van der Waals surface area contributed by atoms with Crippen LogP contribution in [-0.2, 0) is 4.79 Å². The number of nitrogens with zero attached hydrogens (tertiary/aromatic N) is 1. The maximum atomic E-state index is 12.8. The largest absolute Gasteiger partial charge is 0.497 e. The van der Waals surface area contributed by atoms with Crippen LogP contribution >= 0.6 is 15.9 Å². The van der Waals surface area contributed by atoms with Crippen LogP contribution in [-0.4, -0.2) is 41.6 Å². The summed E-state index contributed by atoms with van der Waals surface area (Å²) in [6, 6.07) is 5.30. The van der Waals surface area contributed by atoms with Crippen molar-refractivity contribution in [3.05, 3.63) is 28.2 Å². The molecule has 1 saturated heterocycles. The third kappa shape index (κ3) is 4.00. The Hall–Kier alpha value is -1.56. The number of methoxy groups -OCH3 is 1. The number of carboxylic acid groups (broad SMARTS) is 1. The lowest BCUT2D eigenvalue weighted by atomic mass is 9.97. The summed E-state index contributed by atoms with van der Waals surface area (Å²) in [5, 5.41) is 8.87. The van der Waals surface area contributed by atoms with Gasteiger partial charge in [-0.15, -0.1) is 0 Å². The number of hydrogen-bond donors (Lipinski definition) is 1. The Labute approximate surface area is 138 Å². The SMILES string of the molecule is COc1ccc(Br)c(C(=O)N2CCCCC2CCC(=O)O)c1. The van der Waals surface area contributed by atoms with Gasteiger partial charge in [-0.25, -0.2) is 0 Å². The zero-order valence-electron chi connectivity index (χ0n) is 12.5. The average Bonchev–Trinajstić information content (AvgIpc) is 2.53. The molecular formula is C16H20BrNO4. The molecule has 1 aromatic rings. The minimum Gasteiger partial charge on any atom is -0.497 e. The first-order chi connectivity index (χ1) is 10.5. The van der Waals surface area contributed by atoms with Crippen molar-refractivity contribution < 1.29 is 19.4 Å². The summed E-state index contributed by atoms with van der Waals surface area (Å²) in [6.07, 6.45) is 3.45. The van der Waals surface area contributed by atoms with E-state index >= 15 is 0 Å². The minimum absolute atomic E-state index is 0.00421. The van der Waals surface area contributed by atoms with Gasteiger partial charge in [0.2, 0.25) is 0 Å². The molecule has 22 heavy (non-hydrogen) atoms. The van der Waals surface area contributed by atoms with Gasteiger partial charge in [0, 0.05) is 23.5 Å². The van der Waals surface area contributed by atoms with E-state index in [1.54, 1.807) is 25.3 Å². The maximum Gasteiger partial charge on any atom is 0.303 e. The van der Waals surface area contributed by atoms with Crippen LogP contribution in [0.5, 0.6) is 5.75 Å². The van der Waals surface area contributed by atoms with E-state index in [1.165, 1.54) is 0 Å². The van der Waals surface area contributed by atoms with E-state index in [-0.39, 0.29) is 18.4 Å². The highest BCUT2D eigenvalue weighted by molar-refractivity contribution is 9.10. The summed E-state index contributed by atoms with van der Waals surface area (Å²) in [5.74, 6) is -0.257. The first kappa shape index (κ1) is 16.8. The third-order valence-electron chi connectivity index (χ3n) is 3.98. The highest BCUT2D eigenvalue weighted by Gasteiger charge is 2.29. The normalized spacial score (nSPS) is 18.1. The van der Waals surface area contributed by atoms with Crippen LogP contribution in [0.1, 0.15) is 42.5 Å². The van der Waals surface area contributed by atoms with Crippen LogP contribution in [0.15, 0.2) is 22.7 Å². The number of carboxylic acids is 1. The van der Waals surface area contributed by atoms with Gasteiger partial charge in [0.05, 0.1) is 12.7 Å². The van der Waals surface area contributed by atoms with Gasteiger partial charge in [-0.05, 0) is 59.8 Å². The Morgan fingerprint density at radius 1 is 1.41 bits per heavy atom. The molecule has 1 amide bonds. The zero-order chi connectivity index (χ0) is 16.1. The Morgan fingerprint density at radius 3 is 2.86 bits per heavy atom. The van der Waals surface area contributed by atoms with Crippen molar-refractivity contribution in [2.45, 2.75) is 38.1 Å². The van der Waals surface area contributed by atoms with E-state index in [1.807, 2.05) is 4.90 Å². The second-order valence-corrected chi connectivity index (χ2v) is 6.28. The summed E-state index contributed by atoms with van der Waals surface area (Å²) in [5.41, 5.74) is 0.557. The van der Waals surface area contributed by atoms with Gasteiger partial charge in [-0.1, -0.05) is 0 Å². The van der Waals surface area contributed by atoms with Gasteiger partial charge in [0.15, 0.2) is 0 Å². The molecule has 1 aliphatic heterocycles. The predicted molar refractivity (Wildman–Crippen MR) is 86.2 cm³/mol. The number of likely N-dealkylation sites (tertiary alicyclic amines) is 1. The lowest BCUT2D eigenvalue weighted by molar-refractivity contribution is -0.137. The quantitative estimate of drug-likeness (QED) is 0.864. The van der Waals surface area contributed by atoms with Gasteiger partial charge < -0.3 is 14.7 Å². The summed E-state index contributed by atoms with van der Waals surface area (Å²) in [4.78, 5) is 25.4. The monoisotopic (exact) mass is 369 g/mol. The van der Waals surface area contributed by atoms with Gasteiger partial charge in [0.25, 0.3) is 5.91 Å². The topological polar surface area (TPSA) is 66.8 Å². The summed E-state index contributed by atoms with van der Waals surface area (Å²) in [7, 11) is 1.56. The molecular weight excluding hydrogens is 350 g/mol. The van der Waals surface area contributed by atoms with E-state index < -0.39 is 5.97 Å². The highest BCUT2D eigenvalue weighted by atomic mass is 79.9. The van der Waals surface area contributed by atoms with Gasteiger partial charge in [-0.3, -0.25) is 9.59 Å². The average molecular weight is 370 g/mol. The van der Waals surface area contributed by atoms with Crippen LogP contribution in [0.2, 0.25) is 0 Å². The fourth-order valence-electron chi connectivity index (χ4n) is 2.81. The molecule has 1 N–H and O–H groups in total. The number of piperidine rings is 1. The highest BCUT2D eigenvalue weighted by Crippen LogP contribution is 2.28. The van der Waals surface area contributed by atoms with Crippen molar-refractivity contribution in [2.75, 3.05) is 13.7 Å². The van der Waals surface area contributed by atoms with Crippen molar-refractivity contribution in [3.8, 4) is 5.75 Å². The number of hydrogen-bond acceptors (Lipinski definition) is 3. The molecule has 1 atom stereocenters. The van der Waals surface area contributed by atoms with Crippen molar-refractivity contribution >= 4 is 27.8 Å². The number of aliphatic carboxylic acids is 1. The molecule has 0 aromatic heterocycles. The number of carbonyl (C=O) groups excluding carboxylic acids is 1. The van der Waals surface area contributed by atoms with E-state index in [0.717, 1.165) is 23.7 Å². The van der Waals surface area contributed by atoms with Crippen molar-refractivity contribution in [2.24, 2.45) is 0 Å². The van der Waals surface area contributed by atoms with Crippen LogP contribution in [0, 0.1) is 0 Å². The molecule has 2 rings (SSSR count). The Balaban J connectivity index is 2.19. The number of amides is 1. The second-order valence-electron chi connectivity index (χ2n) is 5.43. The fraction of sp³-hybridized carbons (Fsp3) is 0.500. The molecule has 0 bridgehead atoms. The standard InChI is InChI=1S/C16H20BrNO4/c1-22-12-6-7-14(17)13(10-12)16(21)18-9-3-2-4-11(18)5-8-15(19)20/h6-7,10-11H,2-5,8-9H2,1H3,(H,19,20). The minimum atomic E-state index is -0.819. The summed E-state index contributed by atoms with van der Waals surface area (Å²) >= 11 is 3.41. The molecule has 0 aliphatic carbocycles. The van der Waals surface area contributed by atoms with Gasteiger partial charge >= 0.3 is 5.97 Å². The molecule has 0 spiro atoms. The molecule has 6 heteroatoms. The van der Waals surface area contributed by atoms with E-state index in [9.17, 15) is 9.59 Å². The lowest BCUT2D eigenvalue weighted by Gasteiger charge is -2.36. The van der Waals surface area contributed by atoms with Crippen LogP contribution in [0.3, 0.4) is 0 Å². The smallest absolute Gasteiger partial charge is 0.303 e. The van der Waals surface area contributed by atoms with E-state index in [2.05, 4.69) is 15.9 Å². The molecule has 0 radical (unpaired) electrons. The van der Waals surface area contributed by atoms with Crippen LogP contribution < -0.4 is 4.74 Å². The van der Waals surface area contributed by atoms with E-state index in [0.29, 0.717) is 24.3 Å². The zero-order valence-corrected chi connectivity index (χ0v) is 14.1. The second kappa shape index (κ2) is 7.63. The van der Waals surface area contributed by atoms with Crippen molar-refractivity contribution in [1.82, 2.24) is 4.90 Å². The fourth-order valence-corrected chi connectivity index (χ4v) is 3.22. The van der Waals surface area contributed by atoms with Crippen molar-refractivity contribution in [3.63, 3.8) is 0 Å². The van der Waals surface area contributed by atoms with E-state index in [4.69, 9.17) is 9.84 Å². The first-order valence-corrected chi connectivity index (χ1v) is 8.18. The molecule has 1 unspecified atom stereocenters. The summed E-state index contributed by atoms with van der Waals surface area (Å²) < 4.78 is 5.91. The molecule has 1 aliphatic rings. The Kier molecular flexibility index (Phi) is 5.83. The first-order valence-electron chi connectivity index (χ1n) is 7.39. The van der Waals surface area contributed by atoms with Crippen LogP contribution in [0.4, 0.5) is 0 Å². The summed E-state index contributed by atoms with van der Waals surface area (Å²) in [6.45, 7) is 0.673. The predicted octanol–water partition coefficient (Wildman–Crippen LogP) is 3.32. The van der Waals surface area contributed by atoms with Gasteiger partial charge in [0.1, 0.15) is 5.75 Å². The van der Waals surface area contributed by atoms with Crippen molar-refractivity contribution in [1.29, 1.82) is 0 Å². The molecule has 0 saturated carbocycles. The number of ether oxygens (including phenoxy) is 1. The third-order valence-corrected chi connectivity index (χ3v) is 4.67. The molecule has 120 valence electrons. The van der Waals surface area contributed by atoms with Gasteiger partial charge in [-0.2, -0.15) is 0 Å². The molecule has 5 nitrogen and oxygen atoms in total. The lowest BCUT2D eigenvalue weighted by Crippen LogP contribution is -2.44. The molecule has 1 aromatic carbocycles. The Morgan fingerprint density at radius 2 is 2.18 bits per heavy atom. The number of benzene rings is 1. The number of rotatable bonds is 5. The number of halogens is 1.